The zero-order valence-corrected chi connectivity index (χ0v) is 16.1. The Labute approximate surface area is 174 Å². The summed E-state index contributed by atoms with van der Waals surface area (Å²) in [6.45, 7) is -0.479. The molecule has 31 heavy (non-hydrogen) atoms. The number of rotatable bonds is 8. The SMILES string of the molecule is COc1cc(F)c([N+](=O)[O-])cc1Nc1nccc(C(=O)OCC(=O)c2ccccc2)n1. The number of hydrogen-bond acceptors (Lipinski definition) is 9. The molecular weight excluding hydrogens is 411 g/mol. The number of Topliss-reactive ketones (excluding diaryl/α,β-unsaturated/α-hetero) is 1. The molecule has 0 saturated heterocycles. The van der Waals surface area contributed by atoms with Crippen LogP contribution in [0.1, 0.15) is 20.8 Å². The van der Waals surface area contributed by atoms with Crippen molar-refractivity contribution in [2.75, 3.05) is 19.0 Å². The third kappa shape index (κ3) is 5.15. The summed E-state index contributed by atoms with van der Waals surface area (Å²) in [4.78, 5) is 42.3. The molecule has 0 bridgehead atoms. The van der Waals surface area contributed by atoms with Gasteiger partial charge in [-0.25, -0.2) is 14.8 Å². The van der Waals surface area contributed by atoms with Crippen molar-refractivity contribution in [1.29, 1.82) is 0 Å². The molecule has 0 spiro atoms. The highest BCUT2D eigenvalue weighted by Gasteiger charge is 2.20. The third-order valence-electron chi connectivity index (χ3n) is 4.01. The molecule has 0 fully saturated rings. The minimum Gasteiger partial charge on any atom is -0.494 e. The maximum atomic E-state index is 13.8. The average Bonchev–Trinajstić information content (AvgIpc) is 2.78. The van der Waals surface area contributed by atoms with E-state index < -0.39 is 29.0 Å². The monoisotopic (exact) mass is 426 g/mol. The number of methoxy groups -OCH3 is 1. The standard InChI is InChI=1S/C20H15FN4O6/c1-30-18-9-13(21)16(25(28)29)10-15(18)24-20-22-8-7-14(23-20)19(27)31-11-17(26)12-5-3-2-4-6-12/h2-10H,11H2,1H3,(H,22,23,24). The van der Waals surface area contributed by atoms with Gasteiger partial charge in [0, 0.05) is 23.9 Å². The van der Waals surface area contributed by atoms with Crippen molar-refractivity contribution in [2.45, 2.75) is 0 Å². The van der Waals surface area contributed by atoms with Crippen LogP contribution < -0.4 is 10.1 Å². The lowest BCUT2D eigenvalue weighted by atomic mass is 10.1. The second-order valence-electron chi connectivity index (χ2n) is 6.02. The summed E-state index contributed by atoms with van der Waals surface area (Å²) in [6.07, 6.45) is 1.25. The van der Waals surface area contributed by atoms with Gasteiger partial charge in [0.05, 0.1) is 17.7 Å². The summed E-state index contributed by atoms with van der Waals surface area (Å²) in [7, 11) is 1.25. The van der Waals surface area contributed by atoms with Crippen molar-refractivity contribution in [3.63, 3.8) is 0 Å². The van der Waals surface area contributed by atoms with Gasteiger partial charge in [0.15, 0.2) is 18.1 Å². The van der Waals surface area contributed by atoms with E-state index in [9.17, 15) is 24.1 Å². The lowest BCUT2D eigenvalue weighted by molar-refractivity contribution is -0.387. The van der Waals surface area contributed by atoms with Gasteiger partial charge < -0.3 is 14.8 Å². The number of ether oxygens (including phenoxy) is 2. The van der Waals surface area contributed by atoms with E-state index in [4.69, 9.17) is 9.47 Å². The Hall–Kier alpha value is -4.41. The van der Waals surface area contributed by atoms with E-state index >= 15 is 0 Å². The van der Waals surface area contributed by atoms with Gasteiger partial charge in [-0.05, 0) is 6.07 Å². The summed E-state index contributed by atoms with van der Waals surface area (Å²) in [5, 5.41) is 13.6. The maximum Gasteiger partial charge on any atom is 0.357 e. The number of esters is 1. The lowest BCUT2D eigenvalue weighted by Crippen LogP contribution is -2.15. The third-order valence-corrected chi connectivity index (χ3v) is 4.01. The molecule has 0 amide bonds. The Morgan fingerprint density at radius 1 is 1.19 bits per heavy atom. The first-order valence-electron chi connectivity index (χ1n) is 8.76. The Morgan fingerprint density at radius 2 is 1.94 bits per heavy atom. The second kappa shape index (κ2) is 9.39. The summed E-state index contributed by atoms with van der Waals surface area (Å²) in [5.41, 5.74) is -0.530. The molecule has 0 saturated carbocycles. The molecule has 158 valence electrons. The number of halogens is 1. The van der Waals surface area contributed by atoms with Crippen LogP contribution in [0.25, 0.3) is 0 Å². The fourth-order valence-electron chi connectivity index (χ4n) is 2.52. The number of carbonyl (C=O) groups excluding carboxylic acids is 2. The van der Waals surface area contributed by atoms with Crippen molar-refractivity contribution >= 4 is 29.1 Å². The zero-order valence-electron chi connectivity index (χ0n) is 16.1. The Morgan fingerprint density at radius 3 is 2.61 bits per heavy atom. The smallest absolute Gasteiger partial charge is 0.357 e. The van der Waals surface area contributed by atoms with Crippen LogP contribution in [0.3, 0.4) is 0 Å². The van der Waals surface area contributed by atoms with Crippen LogP contribution in [0.4, 0.5) is 21.7 Å². The summed E-state index contributed by atoms with van der Waals surface area (Å²) < 4.78 is 23.8. The summed E-state index contributed by atoms with van der Waals surface area (Å²) in [6, 6.07) is 11.3. The van der Waals surface area contributed by atoms with Crippen molar-refractivity contribution in [2.24, 2.45) is 0 Å². The lowest BCUT2D eigenvalue weighted by Gasteiger charge is -2.11. The number of hydrogen-bond donors (Lipinski definition) is 1. The fourth-order valence-corrected chi connectivity index (χ4v) is 2.52. The van der Waals surface area contributed by atoms with Gasteiger partial charge in [-0.1, -0.05) is 30.3 Å². The number of nitro benzene ring substituents is 1. The van der Waals surface area contributed by atoms with Crippen LogP contribution in [0.2, 0.25) is 0 Å². The predicted octanol–water partition coefficient (Wildman–Crippen LogP) is 3.32. The van der Waals surface area contributed by atoms with Crippen LogP contribution in [-0.2, 0) is 4.74 Å². The number of nitrogens with one attached hydrogen (secondary N) is 1. The quantitative estimate of drug-likeness (QED) is 0.249. The van der Waals surface area contributed by atoms with Crippen LogP contribution in [0, 0.1) is 15.9 Å². The highest BCUT2D eigenvalue weighted by molar-refractivity contribution is 5.99. The van der Waals surface area contributed by atoms with Gasteiger partial charge in [0.1, 0.15) is 5.75 Å². The molecule has 0 aliphatic carbocycles. The molecule has 3 rings (SSSR count). The van der Waals surface area contributed by atoms with Crippen molar-refractivity contribution in [1.82, 2.24) is 9.97 Å². The van der Waals surface area contributed by atoms with Gasteiger partial charge >= 0.3 is 11.7 Å². The van der Waals surface area contributed by atoms with Gasteiger partial charge in [-0.15, -0.1) is 0 Å². The predicted molar refractivity (Wildman–Crippen MR) is 106 cm³/mol. The molecule has 0 aliphatic heterocycles. The molecule has 0 unspecified atom stereocenters. The average molecular weight is 426 g/mol. The maximum absolute atomic E-state index is 13.8. The molecule has 1 N–H and O–H groups in total. The number of ketones is 1. The Balaban J connectivity index is 1.74. The molecule has 0 aliphatic rings. The van der Waals surface area contributed by atoms with E-state index in [-0.39, 0.29) is 28.9 Å². The number of benzene rings is 2. The van der Waals surface area contributed by atoms with Crippen molar-refractivity contribution < 1.29 is 28.4 Å². The van der Waals surface area contributed by atoms with E-state index in [2.05, 4.69) is 15.3 Å². The van der Waals surface area contributed by atoms with Crippen molar-refractivity contribution in [3.05, 3.63) is 81.9 Å². The largest absolute Gasteiger partial charge is 0.494 e. The number of nitrogens with zero attached hydrogens (tertiary/aromatic N) is 3. The van der Waals surface area contributed by atoms with Gasteiger partial charge in [0.25, 0.3) is 0 Å². The normalized spacial score (nSPS) is 10.3. The molecule has 0 atom stereocenters. The first kappa shape index (κ1) is 21.3. The summed E-state index contributed by atoms with van der Waals surface area (Å²) >= 11 is 0. The number of nitro groups is 1. The van der Waals surface area contributed by atoms with E-state index in [1.54, 1.807) is 30.3 Å². The van der Waals surface area contributed by atoms with E-state index in [1.165, 1.54) is 19.4 Å². The molecule has 1 aromatic heterocycles. The van der Waals surface area contributed by atoms with Gasteiger partial charge in [0.2, 0.25) is 11.8 Å². The molecule has 1 heterocycles. The second-order valence-corrected chi connectivity index (χ2v) is 6.02. The minimum absolute atomic E-state index is 0.0142. The highest BCUT2D eigenvalue weighted by Crippen LogP contribution is 2.33. The van der Waals surface area contributed by atoms with Crippen LogP contribution in [-0.4, -0.2) is 40.4 Å². The number of carbonyl (C=O) groups is 2. The summed E-state index contributed by atoms with van der Waals surface area (Å²) in [5.74, 6) is -2.48. The molecule has 2 aromatic carbocycles. The first-order chi connectivity index (χ1) is 14.9. The fraction of sp³-hybridized carbons (Fsp3) is 0.100. The van der Waals surface area contributed by atoms with Crippen molar-refractivity contribution in [3.8, 4) is 5.75 Å². The van der Waals surface area contributed by atoms with Crippen LogP contribution in [0.5, 0.6) is 5.75 Å². The van der Waals surface area contributed by atoms with Gasteiger partial charge in [-0.2, -0.15) is 4.39 Å². The molecular formula is C20H15FN4O6. The number of anilines is 2. The highest BCUT2D eigenvalue weighted by atomic mass is 19.1. The molecule has 11 heteroatoms. The minimum atomic E-state index is -1.08. The molecule has 0 radical (unpaired) electrons. The first-order valence-corrected chi connectivity index (χ1v) is 8.76. The van der Waals surface area contributed by atoms with E-state index in [0.29, 0.717) is 5.56 Å². The number of aromatic nitrogens is 2. The molecule has 10 nitrogen and oxygen atoms in total. The Bertz CT molecular complexity index is 1140. The molecule has 3 aromatic rings. The van der Waals surface area contributed by atoms with E-state index in [1.807, 2.05) is 0 Å². The van der Waals surface area contributed by atoms with E-state index in [0.717, 1.165) is 12.1 Å². The Kier molecular flexibility index (Phi) is 6.45. The zero-order chi connectivity index (χ0) is 22.4. The van der Waals surface area contributed by atoms with Crippen LogP contribution in [0.15, 0.2) is 54.7 Å². The van der Waals surface area contributed by atoms with Gasteiger partial charge in [-0.3, -0.25) is 14.9 Å². The van der Waals surface area contributed by atoms with Crippen LogP contribution >= 0.6 is 0 Å². The topological polar surface area (TPSA) is 134 Å².